The van der Waals surface area contributed by atoms with Gasteiger partial charge in [0.05, 0.1) is 0 Å². The van der Waals surface area contributed by atoms with Gasteiger partial charge in [-0.25, -0.2) is 4.39 Å². The summed E-state index contributed by atoms with van der Waals surface area (Å²) < 4.78 is 12.8. The Hall–Kier alpha value is -0.960. The van der Waals surface area contributed by atoms with E-state index in [0.717, 1.165) is 25.2 Å². The third kappa shape index (κ3) is 1.46. The van der Waals surface area contributed by atoms with Gasteiger partial charge in [-0.1, -0.05) is 0 Å². The number of rotatable bonds is 1. The lowest BCUT2D eigenvalue weighted by molar-refractivity contribution is 0.614. The van der Waals surface area contributed by atoms with E-state index in [1.54, 1.807) is 0 Å². The Bertz CT molecular complexity index is 269. The number of halogens is 1. The Balaban J connectivity index is 2.21. The Morgan fingerprint density at radius 3 is 3.17 bits per heavy atom. The number of nitrogens with one attached hydrogen (secondary N) is 1. The predicted molar refractivity (Wildman–Crippen MR) is 44.4 cm³/mol. The van der Waals surface area contributed by atoms with Gasteiger partial charge in [-0.2, -0.15) is 0 Å². The molecule has 1 saturated heterocycles. The monoisotopic (exact) mass is 166 g/mol. The average molecular weight is 166 g/mol. The van der Waals surface area contributed by atoms with Crippen LogP contribution in [0.5, 0.6) is 0 Å². The van der Waals surface area contributed by atoms with E-state index >= 15 is 0 Å². The van der Waals surface area contributed by atoms with Crippen molar-refractivity contribution in [1.29, 1.82) is 0 Å². The minimum Gasteiger partial charge on any atom is -0.316 e. The van der Waals surface area contributed by atoms with Crippen LogP contribution in [0, 0.1) is 5.82 Å². The van der Waals surface area contributed by atoms with Gasteiger partial charge in [-0.05, 0) is 25.1 Å². The summed E-state index contributed by atoms with van der Waals surface area (Å²) in [6.07, 6.45) is 2.60. The van der Waals surface area contributed by atoms with Gasteiger partial charge in [-0.3, -0.25) is 4.98 Å². The summed E-state index contributed by atoms with van der Waals surface area (Å²) in [5.41, 5.74) is 0.875. The van der Waals surface area contributed by atoms with Crippen LogP contribution in [-0.4, -0.2) is 18.1 Å². The maximum absolute atomic E-state index is 12.8. The first-order chi connectivity index (χ1) is 5.86. The minimum atomic E-state index is -0.188. The molecule has 1 aromatic heterocycles. The largest absolute Gasteiger partial charge is 0.316 e. The summed E-state index contributed by atoms with van der Waals surface area (Å²) in [7, 11) is 0. The molecular formula is C9H11FN2. The lowest BCUT2D eigenvalue weighted by atomic mass is 10.0. The molecule has 0 amide bonds. The zero-order chi connectivity index (χ0) is 8.39. The maximum atomic E-state index is 12.8. The van der Waals surface area contributed by atoms with Crippen molar-refractivity contribution >= 4 is 0 Å². The van der Waals surface area contributed by atoms with Crippen molar-refractivity contribution in [3.05, 3.63) is 29.8 Å². The molecular weight excluding hydrogens is 155 g/mol. The molecule has 0 spiro atoms. The summed E-state index contributed by atoms with van der Waals surface area (Å²) >= 11 is 0. The number of nitrogens with zero attached hydrogens (tertiary/aromatic N) is 1. The van der Waals surface area contributed by atoms with E-state index in [9.17, 15) is 4.39 Å². The van der Waals surface area contributed by atoms with Crippen LogP contribution in [0.25, 0.3) is 0 Å². The smallest absolute Gasteiger partial charge is 0.126 e. The van der Waals surface area contributed by atoms with Gasteiger partial charge in [0, 0.05) is 24.4 Å². The molecule has 1 atom stereocenters. The van der Waals surface area contributed by atoms with Crippen LogP contribution in [0.15, 0.2) is 18.3 Å². The molecule has 1 aliphatic heterocycles. The summed E-state index contributed by atoms with van der Waals surface area (Å²) in [5.74, 6) is 0.215. The topological polar surface area (TPSA) is 24.9 Å². The van der Waals surface area contributed by atoms with Crippen LogP contribution < -0.4 is 5.32 Å². The van der Waals surface area contributed by atoms with Crippen LogP contribution in [0.3, 0.4) is 0 Å². The molecule has 0 radical (unpaired) electrons. The van der Waals surface area contributed by atoms with Gasteiger partial charge in [-0.15, -0.1) is 0 Å². The van der Waals surface area contributed by atoms with Crippen LogP contribution in [0.4, 0.5) is 4.39 Å². The van der Waals surface area contributed by atoms with E-state index in [1.807, 2.05) is 0 Å². The Morgan fingerprint density at radius 1 is 1.58 bits per heavy atom. The van der Waals surface area contributed by atoms with Crippen molar-refractivity contribution < 1.29 is 4.39 Å². The van der Waals surface area contributed by atoms with E-state index in [4.69, 9.17) is 0 Å². The molecule has 2 heterocycles. The van der Waals surface area contributed by atoms with Gasteiger partial charge in [0.15, 0.2) is 0 Å². The zero-order valence-electron chi connectivity index (χ0n) is 6.76. The molecule has 1 unspecified atom stereocenters. The highest BCUT2D eigenvalue weighted by Gasteiger charge is 2.17. The highest BCUT2D eigenvalue weighted by atomic mass is 19.1. The molecule has 2 nitrogen and oxygen atoms in total. The van der Waals surface area contributed by atoms with Crippen molar-refractivity contribution in [2.45, 2.75) is 12.3 Å². The molecule has 3 heteroatoms. The van der Waals surface area contributed by atoms with Crippen LogP contribution in [0.1, 0.15) is 18.0 Å². The van der Waals surface area contributed by atoms with Crippen molar-refractivity contribution in [3.63, 3.8) is 0 Å². The molecule has 2 rings (SSSR count). The molecule has 0 bridgehead atoms. The lowest BCUT2D eigenvalue weighted by Gasteiger charge is -2.06. The van der Waals surface area contributed by atoms with Gasteiger partial charge in [0.2, 0.25) is 0 Å². The molecule has 12 heavy (non-hydrogen) atoms. The van der Waals surface area contributed by atoms with Crippen molar-refractivity contribution in [3.8, 4) is 0 Å². The third-order valence-corrected chi connectivity index (χ3v) is 2.22. The van der Waals surface area contributed by atoms with E-state index < -0.39 is 0 Å². The SMILES string of the molecule is Fc1ccnc(C2CCNC2)c1. The molecule has 0 saturated carbocycles. The Morgan fingerprint density at radius 2 is 2.50 bits per heavy atom. The van der Waals surface area contributed by atoms with E-state index in [1.165, 1.54) is 18.3 Å². The van der Waals surface area contributed by atoms with Gasteiger partial charge in [0.25, 0.3) is 0 Å². The van der Waals surface area contributed by atoms with Gasteiger partial charge < -0.3 is 5.32 Å². The first-order valence-electron chi connectivity index (χ1n) is 4.18. The Kier molecular flexibility index (Phi) is 2.04. The Labute approximate surface area is 70.8 Å². The fraction of sp³-hybridized carbons (Fsp3) is 0.444. The molecule has 64 valence electrons. The fourth-order valence-electron chi connectivity index (χ4n) is 1.55. The molecule has 1 aromatic rings. The third-order valence-electron chi connectivity index (χ3n) is 2.22. The quantitative estimate of drug-likeness (QED) is 0.680. The summed E-state index contributed by atoms with van der Waals surface area (Å²) in [6.45, 7) is 1.94. The highest BCUT2D eigenvalue weighted by molar-refractivity contribution is 5.12. The number of aromatic nitrogens is 1. The second-order valence-electron chi connectivity index (χ2n) is 3.09. The highest BCUT2D eigenvalue weighted by Crippen LogP contribution is 2.20. The second kappa shape index (κ2) is 3.19. The van der Waals surface area contributed by atoms with E-state index in [0.29, 0.717) is 5.92 Å². The normalized spacial score (nSPS) is 22.9. The molecule has 0 aromatic carbocycles. The average Bonchev–Trinajstić information content (AvgIpc) is 2.56. The molecule has 0 aliphatic carbocycles. The number of hydrogen-bond acceptors (Lipinski definition) is 2. The maximum Gasteiger partial charge on any atom is 0.126 e. The van der Waals surface area contributed by atoms with Crippen molar-refractivity contribution in [2.24, 2.45) is 0 Å². The molecule has 1 fully saturated rings. The first kappa shape index (κ1) is 7.68. The van der Waals surface area contributed by atoms with Crippen LogP contribution >= 0.6 is 0 Å². The summed E-state index contributed by atoms with van der Waals surface area (Å²) in [4.78, 5) is 4.14. The molecule has 1 N–H and O–H groups in total. The second-order valence-corrected chi connectivity index (χ2v) is 3.09. The summed E-state index contributed by atoms with van der Waals surface area (Å²) in [5, 5.41) is 3.23. The predicted octanol–water partition coefficient (Wildman–Crippen LogP) is 1.30. The van der Waals surface area contributed by atoms with Crippen LogP contribution in [0.2, 0.25) is 0 Å². The van der Waals surface area contributed by atoms with Gasteiger partial charge >= 0.3 is 0 Å². The standard InChI is InChI=1S/C9H11FN2/c10-8-2-4-12-9(5-8)7-1-3-11-6-7/h2,4-5,7,11H,1,3,6H2. The summed E-state index contributed by atoms with van der Waals surface area (Å²) in [6, 6.07) is 2.91. The van der Waals surface area contributed by atoms with Crippen LogP contribution in [-0.2, 0) is 0 Å². The van der Waals surface area contributed by atoms with Crippen molar-refractivity contribution in [2.75, 3.05) is 13.1 Å². The first-order valence-corrected chi connectivity index (χ1v) is 4.18. The fourth-order valence-corrected chi connectivity index (χ4v) is 1.55. The minimum absolute atomic E-state index is 0.188. The number of pyridine rings is 1. The van der Waals surface area contributed by atoms with Crippen molar-refractivity contribution in [1.82, 2.24) is 10.3 Å². The molecule has 1 aliphatic rings. The lowest BCUT2D eigenvalue weighted by Crippen LogP contribution is -2.08. The van der Waals surface area contributed by atoms with Gasteiger partial charge in [0.1, 0.15) is 5.82 Å². The zero-order valence-corrected chi connectivity index (χ0v) is 6.76. The van der Waals surface area contributed by atoms with E-state index in [2.05, 4.69) is 10.3 Å². The van der Waals surface area contributed by atoms with E-state index in [-0.39, 0.29) is 5.82 Å². The number of hydrogen-bond donors (Lipinski definition) is 1.